The van der Waals surface area contributed by atoms with Crippen LogP contribution in [0.4, 0.5) is 5.69 Å². The number of carbonyl (C=O) groups excluding carboxylic acids is 4. The maximum atomic E-state index is 14.6. The molecule has 7 aliphatic carbocycles. The molecule has 3 aromatic rings. The van der Waals surface area contributed by atoms with E-state index in [1.54, 1.807) is 6.21 Å². The minimum absolute atomic E-state index is 0.0952. The summed E-state index contributed by atoms with van der Waals surface area (Å²) >= 11 is 0. The molecule has 2 saturated heterocycles. The Morgan fingerprint density at radius 2 is 1.27 bits per heavy atom. The van der Waals surface area contributed by atoms with Crippen LogP contribution in [0.1, 0.15) is 40.2 Å². The van der Waals surface area contributed by atoms with Crippen molar-refractivity contribution in [1.82, 2.24) is 5.01 Å². The van der Waals surface area contributed by atoms with Gasteiger partial charge in [0.25, 0.3) is 11.8 Å². The molecule has 4 amide bonds. The molecule has 0 aromatic heterocycles. The van der Waals surface area contributed by atoms with E-state index in [0.717, 1.165) is 39.2 Å². The number of nitrogens with zero attached hydrogens (tertiary/aromatic N) is 3. The molecule has 12 rings (SSSR count). The molecule has 4 fully saturated rings. The number of carbonyl (C=O) groups is 4. The van der Waals surface area contributed by atoms with E-state index in [2.05, 4.69) is 12.2 Å². The zero-order chi connectivity index (χ0) is 29.6. The molecule has 7 nitrogen and oxygen atoms in total. The number of allylic oxidation sites excluding steroid dienone is 2. The summed E-state index contributed by atoms with van der Waals surface area (Å²) < 4.78 is 0. The Hall–Kier alpha value is -4.65. The van der Waals surface area contributed by atoms with E-state index in [4.69, 9.17) is 5.10 Å². The van der Waals surface area contributed by atoms with Gasteiger partial charge in [-0.15, -0.1) is 0 Å². The number of amides is 4. The van der Waals surface area contributed by atoms with Crippen molar-refractivity contribution in [1.29, 1.82) is 0 Å². The van der Waals surface area contributed by atoms with E-state index in [-0.39, 0.29) is 53.2 Å². The van der Waals surface area contributed by atoms with Crippen LogP contribution in [-0.4, -0.2) is 34.9 Å². The van der Waals surface area contributed by atoms with Gasteiger partial charge < -0.3 is 0 Å². The maximum absolute atomic E-state index is 14.6. The fourth-order valence-electron chi connectivity index (χ4n) is 10.2. The zero-order valence-corrected chi connectivity index (χ0v) is 24.0. The van der Waals surface area contributed by atoms with Gasteiger partial charge in [-0.1, -0.05) is 78.4 Å². The van der Waals surface area contributed by atoms with Crippen molar-refractivity contribution in [2.45, 2.75) is 24.7 Å². The molecule has 3 aromatic carbocycles. The van der Waals surface area contributed by atoms with Gasteiger partial charge in [0.05, 0.1) is 34.8 Å². The number of imide groups is 2. The standard InChI is InChI=1S/C37H29N3O4/c1-18-10-12-19(13-11-18)39-33(41)31-28-22-6-2-4-8-26(22)37(32(31)36(39)44,27-9-5-3-7-23(27)28)17-38-40-34(42)29-20-14-15-21(25-16-24(20)25)30(29)35(40)43/h2-15,17,20-21,24-25,28-32H,16H2,1H3/b38-17-/t20-,21-,24-,25+,28?,29+,30+,31+,32+,37?/m0/s1. The molecule has 2 heterocycles. The summed E-state index contributed by atoms with van der Waals surface area (Å²) in [4.78, 5) is 58.1. The number of rotatable bonds is 3. The Morgan fingerprint density at radius 1 is 0.705 bits per heavy atom. The fraction of sp³-hybridized carbons (Fsp3) is 0.324. The van der Waals surface area contributed by atoms with Crippen LogP contribution in [0.15, 0.2) is 90.0 Å². The second-order valence-corrected chi connectivity index (χ2v) is 13.8. The first kappa shape index (κ1) is 24.8. The fourth-order valence-corrected chi connectivity index (χ4v) is 10.2. The molecule has 2 saturated carbocycles. The lowest BCUT2D eigenvalue weighted by atomic mass is 9.47. The summed E-state index contributed by atoms with van der Waals surface area (Å²) in [7, 11) is 0. The monoisotopic (exact) mass is 579 g/mol. The van der Waals surface area contributed by atoms with Crippen molar-refractivity contribution in [2.75, 3.05) is 4.90 Å². The van der Waals surface area contributed by atoms with Crippen molar-refractivity contribution >= 4 is 35.5 Å². The minimum Gasteiger partial charge on any atom is -0.274 e. The minimum atomic E-state index is -1.13. The first-order valence-corrected chi connectivity index (χ1v) is 15.7. The Bertz CT molecular complexity index is 1840. The maximum Gasteiger partial charge on any atom is 0.254 e. The van der Waals surface area contributed by atoms with E-state index in [1.807, 2.05) is 79.7 Å². The van der Waals surface area contributed by atoms with Gasteiger partial charge in [-0.05, 0) is 71.4 Å². The Morgan fingerprint density at radius 3 is 1.86 bits per heavy atom. The van der Waals surface area contributed by atoms with Gasteiger partial charge in [-0.2, -0.15) is 10.1 Å². The molecular formula is C37H29N3O4. The number of hydrazone groups is 1. The third-order valence-electron chi connectivity index (χ3n) is 12.0. The molecule has 0 spiro atoms. The lowest BCUT2D eigenvalue weighted by molar-refractivity contribution is -0.140. The van der Waals surface area contributed by atoms with Crippen LogP contribution in [-0.2, 0) is 24.6 Å². The second-order valence-electron chi connectivity index (χ2n) is 13.8. The van der Waals surface area contributed by atoms with Crippen molar-refractivity contribution in [3.8, 4) is 0 Å². The Kier molecular flexibility index (Phi) is 4.55. The van der Waals surface area contributed by atoms with Gasteiger partial charge in [0.15, 0.2) is 0 Å². The van der Waals surface area contributed by atoms with Crippen LogP contribution in [0.3, 0.4) is 0 Å². The topological polar surface area (TPSA) is 87.1 Å². The van der Waals surface area contributed by atoms with Gasteiger partial charge in [0.1, 0.15) is 0 Å². The summed E-state index contributed by atoms with van der Waals surface area (Å²) in [6.07, 6.45) is 7.07. The second kappa shape index (κ2) is 8.08. The van der Waals surface area contributed by atoms with E-state index in [0.29, 0.717) is 17.5 Å². The first-order chi connectivity index (χ1) is 21.4. The predicted octanol–water partition coefficient (Wildman–Crippen LogP) is 4.58. The van der Waals surface area contributed by atoms with E-state index in [9.17, 15) is 19.2 Å². The van der Waals surface area contributed by atoms with Crippen LogP contribution >= 0.6 is 0 Å². The molecule has 7 heteroatoms. The molecule has 0 N–H and O–H groups in total. The summed E-state index contributed by atoms with van der Waals surface area (Å²) in [5.74, 6) is -2.23. The summed E-state index contributed by atoms with van der Waals surface area (Å²) in [5.41, 5.74) is 4.24. The Balaban J connectivity index is 1.15. The molecule has 216 valence electrons. The average Bonchev–Trinajstić information content (AvgIpc) is 3.78. The number of aryl methyl sites for hydroxylation is 1. The van der Waals surface area contributed by atoms with Gasteiger partial charge in [-0.3, -0.25) is 19.2 Å². The van der Waals surface area contributed by atoms with E-state index in [1.165, 1.54) is 4.90 Å². The highest BCUT2D eigenvalue weighted by Gasteiger charge is 2.69. The predicted molar refractivity (Wildman–Crippen MR) is 161 cm³/mol. The zero-order valence-electron chi connectivity index (χ0n) is 24.0. The van der Waals surface area contributed by atoms with Crippen molar-refractivity contribution < 1.29 is 19.2 Å². The molecule has 44 heavy (non-hydrogen) atoms. The van der Waals surface area contributed by atoms with Gasteiger partial charge in [0, 0.05) is 12.1 Å². The smallest absolute Gasteiger partial charge is 0.254 e. The number of hydrogen-bond acceptors (Lipinski definition) is 5. The highest BCUT2D eigenvalue weighted by molar-refractivity contribution is 6.25. The summed E-state index contributed by atoms with van der Waals surface area (Å²) in [6.45, 7) is 1.97. The van der Waals surface area contributed by atoms with Gasteiger partial charge in [-0.25, -0.2) is 4.90 Å². The van der Waals surface area contributed by atoms with Gasteiger partial charge >= 0.3 is 0 Å². The summed E-state index contributed by atoms with van der Waals surface area (Å²) in [5, 5.41) is 5.86. The van der Waals surface area contributed by atoms with Crippen LogP contribution in [0.2, 0.25) is 0 Å². The van der Waals surface area contributed by atoms with Crippen LogP contribution in [0.25, 0.3) is 0 Å². The molecule has 4 bridgehead atoms. The number of anilines is 1. The molecule has 8 atom stereocenters. The van der Waals surface area contributed by atoms with E-state index >= 15 is 0 Å². The molecule has 9 aliphatic rings. The summed E-state index contributed by atoms with van der Waals surface area (Å²) in [6, 6.07) is 23.4. The quantitative estimate of drug-likeness (QED) is 0.258. The lowest BCUT2D eigenvalue weighted by Gasteiger charge is -2.52. The third kappa shape index (κ3) is 2.73. The number of benzene rings is 3. The molecule has 0 unspecified atom stereocenters. The average molecular weight is 580 g/mol. The van der Waals surface area contributed by atoms with Crippen molar-refractivity contribution in [2.24, 2.45) is 52.4 Å². The van der Waals surface area contributed by atoms with Gasteiger partial charge in [0.2, 0.25) is 11.8 Å². The highest BCUT2D eigenvalue weighted by Crippen LogP contribution is 2.66. The van der Waals surface area contributed by atoms with Crippen LogP contribution in [0, 0.1) is 54.3 Å². The SMILES string of the molecule is Cc1ccc(N2C(=O)[C@@H]3C4c5ccccc5C(/C=N\N5C(=O)[C@@H]6[C@H]7C=C[C@@H]([C@@H]8C[C@H]78)[C@H]6C5=O)(c5ccccc54)[C@H]3C2=O)cc1. The normalized spacial score (nSPS) is 38.2. The Labute approximate surface area is 254 Å². The third-order valence-corrected chi connectivity index (χ3v) is 12.0. The molecule has 0 radical (unpaired) electrons. The van der Waals surface area contributed by atoms with Crippen molar-refractivity contribution in [3.63, 3.8) is 0 Å². The molecule has 2 aliphatic heterocycles. The lowest BCUT2D eigenvalue weighted by Crippen LogP contribution is -2.55. The highest BCUT2D eigenvalue weighted by atomic mass is 16.2. The van der Waals surface area contributed by atoms with Crippen LogP contribution in [0.5, 0.6) is 0 Å². The van der Waals surface area contributed by atoms with Crippen LogP contribution < -0.4 is 4.90 Å². The molecular weight excluding hydrogens is 550 g/mol. The largest absolute Gasteiger partial charge is 0.274 e. The first-order valence-electron chi connectivity index (χ1n) is 15.7. The van der Waals surface area contributed by atoms with E-state index < -0.39 is 17.3 Å². The number of hydrogen-bond donors (Lipinski definition) is 0. The van der Waals surface area contributed by atoms with Crippen molar-refractivity contribution in [3.05, 3.63) is 113 Å².